The zero-order valence-electron chi connectivity index (χ0n) is 13.2. The van der Waals surface area contributed by atoms with Crippen molar-refractivity contribution in [3.05, 3.63) is 27.7 Å². The highest BCUT2D eigenvalue weighted by Crippen LogP contribution is 2.27. The maximum absolute atomic E-state index is 12.3. The third kappa shape index (κ3) is 3.13. The molecule has 0 spiro atoms. The normalized spacial score (nSPS) is 14.3. The molecule has 1 aromatic heterocycles. The van der Waals surface area contributed by atoms with Crippen LogP contribution in [0.15, 0.2) is 11.0 Å². The van der Waals surface area contributed by atoms with E-state index < -0.39 is 23.2 Å². The number of methoxy groups -OCH3 is 1. The van der Waals surface area contributed by atoms with Crippen molar-refractivity contribution in [2.75, 3.05) is 18.6 Å². The molecule has 0 radical (unpaired) electrons. The maximum Gasteiger partial charge on any atom is 0.414 e. The Kier molecular flexibility index (Phi) is 4.25. The summed E-state index contributed by atoms with van der Waals surface area (Å²) in [5.74, 6) is -0.543. The molecule has 2 heterocycles. The Bertz CT molecular complexity index is 657. The molecule has 0 saturated carbocycles. The van der Waals surface area contributed by atoms with Gasteiger partial charge in [0, 0.05) is 12.7 Å². The summed E-state index contributed by atoms with van der Waals surface area (Å²) in [4.78, 5) is 40.1. The van der Waals surface area contributed by atoms with Crippen molar-refractivity contribution in [3.8, 4) is 0 Å². The van der Waals surface area contributed by atoms with Crippen LogP contribution in [0.25, 0.3) is 0 Å². The van der Waals surface area contributed by atoms with Crippen molar-refractivity contribution < 1.29 is 19.1 Å². The lowest BCUT2D eigenvalue weighted by Gasteiger charge is -2.31. The summed E-state index contributed by atoms with van der Waals surface area (Å²) < 4.78 is 10.1. The van der Waals surface area contributed by atoms with E-state index in [9.17, 15) is 14.4 Å². The summed E-state index contributed by atoms with van der Waals surface area (Å²) in [5.41, 5.74) is -0.129. The first-order valence-corrected chi connectivity index (χ1v) is 7.08. The summed E-state index contributed by atoms with van der Waals surface area (Å²) in [6, 6.07) is 0. The number of pyridine rings is 1. The minimum atomic E-state index is -0.665. The number of aromatic amines is 1. The molecule has 0 aliphatic carbocycles. The molecule has 0 saturated heterocycles. The van der Waals surface area contributed by atoms with Gasteiger partial charge in [-0.1, -0.05) is 0 Å². The minimum Gasteiger partial charge on any atom is -0.465 e. The number of anilines is 1. The molecule has 1 amide bonds. The number of carbonyl (C=O) groups is 2. The number of rotatable bonds is 1. The second-order valence-electron chi connectivity index (χ2n) is 6.09. The molecule has 0 unspecified atom stereocenters. The molecule has 1 N–H and O–H groups in total. The highest BCUT2D eigenvalue weighted by Gasteiger charge is 2.32. The quantitative estimate of drug-likeness (QED) is 0.800. The predicted octanol–water partition coefficient (Wildman–Crippen LogP) is 1.85. The molecular weight excluding hydrogens is 288 g/mol. The van der Waals surface area contributed by atoms with Gasteiger partial charge >= 0.3 is 12.1 Å². The van der Waals surface area contributed by atoms with Gasteiger partial charge in [-0.05, 0) is 39.2 Å². The molecule has 0 atom stereocenters. The average molecular weight is 308 g/mol. The van der Waals surface area contributed by atoms with E-state index in [2.05, 4.69) is 4.98 Å². The number of ether oxygens (including phenoxy) is 2. The van der Waals surface area contributed by atoms with Crippen molar-refractivity contribution in [1.82, 2.24) is 4.98 Å². The van der Waals surface area contributed by atoms with Crippen LogP contribution in [0.1, 0.15) is 43.1 Å². The first kappa shape index (κ1) is 16.1. The Hall–Kier alpha value is -2.31. The van der Waals surface area contributed by atoms with Crippen LogP contribution >= 0.6 is 0 Å². The van der Waals surface area contributed by atoms with Gasteiger partial charge in [-0.2, -0.15) is 0 Å². The number of hydrogen-bond acceptors (Lipinski definition) is 5. The fourth-order valence-corrected chi connectivity index (χ4v) is 2.41. The molecule has 120 valence electrons. The number of H-pyrrole nitrogens is 1. The van der Waals surface area contributed by atoms with Gasteiger partial charge in [0.05, 0.1) is 12.7 Å². The topological polar surface area (TPSA) is 88.7 Å². The highest BCUT2D eigenvalue weighted by molar-refractivity contribution is 5.96. The number of nitrogens with one attached hydrogen (secondary N) is 1. The van der Waals surface area contributed by atoms with Crippen LogP contribution in [0.4, 0.5) is 10.5 Å². The van der Waals surface area contributed by atoms with Gasteiger partial charge in [-0.25, -0.2) is 9.59 Å². The SMILES string of the molecule is COC(=O)c1c[nH]c(=O)c2c1CCCN2C(=O)OC(C)(C)C. The lowest BCUT2D eigenvalue weighted by molar-refractivity contribution is 0.0567. The monoisotopic (exact) mass is 308 g/mol. The lowest BCUT2D eigenvalue weighted by Crippen LogP contribution is -2.43. The van der Waals surface area contributed by atoms with E-state index in [1.54, 1.807) is 20.8 Å². The van der Waals surface area contributed by atoms with Gasteiger partial charge in [0.25, 0.3) is 5.56 Å². The Morgan fingerprint density at radius 2 is 2.00 bits per heavy atom. The smallest absolute Gasteiger partial charge is 0.414 e. The predicted molar refractivity (Wildman–Crippen MR) is 80.3 cm³/mol. The van der Waals surface area contributed by atoms with Gasteiger partial charge in [-0.3, -0.25) is 9.69 Å². The van der Waals surface area contributed by atoms with Crippen LogP contribution in [0.5, 0.6) is 0 Å². The summed E-state index contributed by atoms with van der Waals surface area (Å²) in [6.45, 7) is 5.64. The fraction of sp³-hybridized carbons (Fsp3) is 0.533. The van der Waals surface area contributed by atoms with Crippen LogP contribution in [0, 0.1) is 0 Å². The largest absolute Gasteiger partial charge is 0.465 e. The molecule has 1 aromatic rings. The second-order valence-corrected chi connectivity index (χ2v) is 6.09. The second kappa shape index (κ2) is 5.82. The molecule has 0 fully saturated rings. The molecule has 1 aliphatic rings. The van der Waals surface area contributed by atoms with Crippen LogP contribution in [-0.2, 0) is 15.9 Å². The Balaban J connectivity index is 2.48. The van der Waals surface area contributed by atoms with Gasteiger partial charge in [0.1, 0.15) is 11.3 Å². The fourth-order valence-electron chi connectivity index (χ4n) is 2.41. The number of esters is 1. The number of carbonyl (C=O) groups excluding carboxylic acids is 2. The number of nitrogens with zero attached hydrogens (tertiary/aromatic N) is 1. The first-order chi connectivity index (χ1) is 10.2. The standard InChI is InChI=1S/C15H20N2O5/c1-15(2,3)22-14(20)17-7-5-6-9-10(13(19)21-4)8-16-12(18)11(9)17/h8H,5-7H2,1-4H3,(H,16,18). The first-order valence-electron chi connectivity index (χ1n) is 7.08. The highest BCUT2D eigenvalue weighted by atomic mass is 16.6. The van der Waals surface area contributed by atoms with Crippen LogP contribution < -0.4 is 10.5 Å². The van der Waals surface area contributed by atoms with E-state index in [1.165, 1.54) is 18.2 Å². The molecule has 0 bridgehead atoms. The van der Waals surface area contributed by atoms with Crippen molar-refractivity contribution >= 4 is 17.7 Å². The number of hydrogen-bond donors (Lipinski definition) is 1. The van der Waals surface area contributed by atoms with Crippen molar-refractivity contribution in [2.24, 2.45) is 0 Å². The van der Waals surface area contributed by atoms with Crippen LogP contribution in [0.3, 0.4) is 0 Å². The molecule has 2 rings (SSSR count). The maximum atomic E-state index is 12.3. The van der Waals surface area contributed by atoms with Crippen molar-refractivity contribution in [2.45, 2.75) is 39.2 Å². The molecule has 0 aromatic carbocycles. The summed E-state index contributed by atoms with van der Waals surface area (Å²) >= 11 is 0. The van der Waals surface area contributed by atoms with E-state index in [4.69, 9.17) is 9.47 Å². The summed E-state index contributed by atoms with van der Waals surface area (Å²) in [7, 11) is 1.27. The van der Waals surface area contributed by atoms with Crippen LogP contribution in [-0.4, -0.2) is 36.3 Å². The molecule has 7 heteroatoms. The molecular formula is C15H20N2O5. The van der Waals surface area contributed by atoms with E-state index in [0.29, 0.717) is 24.9 Å². The van der Waals surface area contributed by atoms with Gasteiger partial charge < -0.3 is 14.5 Å². The molecule has 7 nitrogen and oxygen atoms in total. The van der Waals surface area contributed by atoms with Crippen molar-refractivity contribution in [3.63, 3.8) is 0 Å². The number of fused-ring (bicyclic) bond motifs is 1. The Labute approximate surface area is 128 Å². The third-order valence-electron chi connectivity index (χ3n) is 3.27. The van der Waals surface area contributed by atoms with E-state index >= 15 is 0 Å². The van der Waals surface area contributed by atoms with Crippen molar-refractivity contribution in [1.29, 1.82) is 0 Å². The summed E-state index contributed by atoms with van der Waals surface area (Å²) in [6.07, 6.45) is 1.90. The van der Waals surface area contributed by atoms with Crippen LogP contribution in [0.2, 0.25) is 0 Å². The number of aromatic nitrogens is 1. The minimum absolute atomic E-state index is 0.170. The van der Waals surface area contributed by atoms with Gasteiger partial charge in [0.2, 0.25) is 0 Å². The summed E-state index contributed by atoms with van der Waals surface area (Å²) in [5, 5.41) is 0. The van der Waals surface area contributed by atoms with Gasteiger partial charge in [0.15, 0.2) is 0 Å². The lowest BCUT2D eigenvalue weighted by atomic mass is 9.99. The zero-order chi connectivity index (χ0) is 16.5. The van der Waals surface area contributed by atoms with E-state index in [1.807, 2.05) is 0 Å². The third-order valence-corrected chi connectivity index (χ3v) is 3.27. The molecule has 22 heavy (non-hydrogen) atoms. The Morgan fingerprint density at radius 1 is 1.32 bits per heavy atom. The van der Waals surface area contributed by atoms with E-state index in [-0.39, 0.29) is 11.3 Å². The Morgan fingerprint density at radius 3 is 2.59 bits per heavy atom. The van der Waals surface area contributed by atoms with Gasteiger partial charge in [-0.15, -0.1) is 0 Å². The zero-order valence-corrected chi connectivity index (χ0v) is 13.2. The molecule has 1 aliphatic heterocycles. The van der Waals surface area contributed by atoms with E-state index in [0.717, 1.165) is 0 Å². The number of amides is 1. The average Bonchev–Trinajstić information content (AvgIpc) is 2.44.